The SMILES string of the molecule is CN(C)C1CCCC1NN. The third-order valence-electron chi connectivity index (χ3n) is 2.36. The molecule has 3 nitrogen and oxygen atoms in total. The maximum absolute atomic E-state index is 5.39. The van der Waals surface area contributed by atoms with Gasteiger partial charge in [-0.15, -0.1) is 0 Å². The van der Waals surface area contributed by atoms with Gasteiger partial charge >= 0.3 is 0 Å². The molecule has 1 saturated carbocycles. The number of hydrogen-bond donors (Lipinski definition) is 2. The highest BCUT2D eigenvalue weighted by Gasteiger charge is 2.27. The zero-order chi connectivity index (χ0) is 7.56. The third-order valence-corrected chi connectivity index (χ3v) is 2.36. The first kappa shape index (κ1) is 7.98. The lowest BCUT2D eigenvalue weighted by Crippen LogP contribution is -2.46. The molecule has 3 heteroatoms. The van der Waals surface area contributed by atoms with Gasteiger partial charge in [-0.25, -0.2) is 0 Å². The largest absolute Gasteiger partial charge is 0.305 e. The van der Waals surface area contributed by atoms with E-state index < -0.39 is 0 Å². The lowest BCUT2D eigenvalue weighted by molar-refractivity contribution is 0.254. The molecule has 0 aromatic carbocycles. The Morgan fingerprint density at radius 1 is 1.40 bits per heavy atom. The van der Waals surface area contributed by atoms with Crippen molar-refractivity contribution in [3.8, 4) is 0 Å². The summed E-state index contributed by atoms with van der Waals surface area (Å²) in [5, 5.41) is 0. The predicted octanol–water partition coefficient (Wildman–Crippen LogP) is -0.0676. The fourth-order valence-corrected chi connectivity index (χ4v) is 1.75. The van der Waals surface area contributed by atoms with E-state index in [-0.39, 0.29) is 0 Å². The van der Waals surface area contributed by atoms with Gasteiger partial charge < -0.3 is 4.90 Å². The van der Waals surface area contributed by atoms with Gasteiger partial charge in [0.05, 0.1) is 0 Å². The van der Waals surface area contributed by atoms with Crippen molar-refractivity contribution in [1.82, 2.24) is 10.3 Å². The highest BCUT2D eigenvalue weighted by molar-refractivity contribution is 4.86. The average Bonchev–Trinajstić information content (AvgIpc) is 2.33. The molecule has 10 heavy (non-hydrogen) atoms. The van der Waals surface area contributed by atoms with Gasteiger partial charge in [0, 0.05) is 12.1 Å². The minimum atomic E-state index is 0.509. The van der Waals surface area contributed by atoms with Crippen molar-refractivity contribution < 1.29 is 0 Å². The minimum Gasteiger partial charge on any atom is -0.305 e. The van der Waals surface area contributed by atoms with Crippen molar-refractivity contribution in [2.24, 2.45) is 5.84 Å². The normalized spacial score (nSPS) is 33.6. The lowest BCUT2D eigenvalue weighted by Gasteiger charge is -2.25. The number of hydrazine groups is 1. The monoisotopic (exact) mass is 143 g/mol. The first-order valence-electron chi connectivity index (χ1n) is 3.88. The van der Waals surface area contributed by atoms with Crippen LogP contribution in [0.4, 0.5) is 0 Å². The van der Waals surface area contributed by atoms with Crippen molar-refractivity contribution in [3.63, 3.8) is 0 Å². The van der Waals surface area contributed by atoms with Crippen LogP contribution in [0.15, 0.2) is 0 Å². The Morgan fingerprint density at radius 2 is 2.10 bits per heavy atom. The van der Waals surface area contributed by atoms with E-state index in [0.29, 0.717) is 12.1 Å². The summed E-state index contributed by atoms with van der Waals surface area (Å²) in [6, 6.07) is 1.15. The summed E-state index contributed by atoms with van der Waals surface area (Å²) >= 11 is 0. The Bertz CT molecular complexity index is 103. The van der Waals surface area contributed by atoms with Crippen molar-refractivity contribution in [1.29, 1.82) is 0 Å². The minimum absolute atomic E-state index is 0.509. The van der Waals surface area contributed by atoms with E-state index in [0.717, 1.165) is 0 Å². The Morgan fingerprint density at radius 3 is 2.50 bits per heavy atom. The standard InChI is InChI=1S/C7H17N3/c1-10(2)7-5-3-4-6(7)9-8/h6-7,9H,3-5,8H2,1-2H3. The zero-order valence-corrected chi connectivity index (χ0v) is 6.80. The number of nitrogens with one attached hydrogen (secondary N) is 1. The van der Waals surface area contributed by atoms with Crippen LogP contribution in [0.5, 0.6) is 0 Å². The van der Waals surface area contributed by atoms with Gasteiger partial charge in [-0.05, 0) is 26.9 Å². The molecule has 3 N–H and O–H groups in total. The van der Waals surface area contributed by atoms with Gasteiger partial charge in [-0.3, -0.25) is 11.3 Å². The molecule has 0 saturated heterocycles. The van der Waals surface area contributed by atoms with Crippen molar-refractivity contribution in [2.75, 3.05) is 14.1 Å². The summed E-state index contributed by atoms with van der Waals surface area (Å²) in [7, 11) is 4.22. The summed E-state index contributed by atoms with van der Waals surface area (Å²) in [5.41, 5.74) is 2.85. The lowest BCUT2D eigenvalue weighted by atomic mass is 10.2. The highest BCUT2D eigenvalue weighted by Crippen LogP contribution is 2.21. The van der Waals surface area contributed by atoms with Gasteiger partial charge in [-0.1, -0.05) is 6.42 Å². The van der Waals surface area contributed by atoms with Crippen LogP contribution in [0, 0.1) is 0 Å². The van der Waals surface area contributed by atoms with Gasteiger partial charge in [-0.2, -0.15) is 0 Å². The molecule has 1 rings (SSSR count). The van der Waals surface area contributed by atoms with Crippen LogP contribution in [-0.4, -0.2) is 31.1 Å². The van der Waals surface area contributed by atoms with Crippen LogP contribution in [0.2, 0.25) is 0 Å². The van der Waals surface area contributed by atoms with E-state index in [1.165, 1.54) is 19.3 Å². The van der Waals surface area contributed by atoms with E-state index in [9.17, 15) is 0 Å². The fourth-order valence-electron chi connectivity index (χ4n) is 1.75. The quantitative estimate of drug-likeness (QED) is 0.420. The van der Waals surface area contributed by atoms with E-state index in [1.807, 2.05) is 0 Å². The second-order valence-electron chi connectivity index (χ2n) is 3.24. The van der Waals surface area contributed by atoms with E-state index in [1.54, 1.807) is 0 Å². The highest BCUT2D eigenvalue weighted by atomic mass is 15.3. The molecule has 1 aliphatic carbocycles. The number of likely N-dealkylation sites (N-methyl/N-ethyl adjacent to an activating group) is 1. The van der Waals surface area contributed by atoms with E-state index >= 15 is 0 Å². The predicted molar refractivity (Wildman–Crippen MR) is 42.4 cm³/mol. The van der Waals surface area contributed by atoms with Crippen LogP contribution >= 0.6 is 0 Å². The van der Waals surface area contributed by atoms with E-state index in [4.69, 9.17) is 5.84 Å². The maximum Gasteiger partial charge on any atom is 0.0365 e. The number of hydrogen-bond acceptors (Lipinski definition) is 3. The van der Waals surface area contributed by atoms with Crippen LogP contribution in [-0.2, 0) is 0 Å². The molecule has 1 fully saturated rings. The zero-order valence-electron chi connectivity index (χ0n) is 6.80. The number of rotatable bonds is 2. The van der Waals surface area contributed by atoms with Gasteiger partial charge in [0.25, 0.3) is 0 Å². The molecular weight excluding hydrogens is 126 g/mol. The summed E-state index contributed by atoms with van der Waals surface area (Å²) in [6.45, 7) is 0. The van der Waals surface area contributed by atoms with Gasteiger partial charge in [0.2, 0.25) is 0 Å². The van der Waals surface area contributed by atoms with Gasteiger partial charge in [0.1, 0.15) is 0 Å². The molecule has 2 atom stereocenters. The fraction of sp³-hybridized carbons (Fsp3) is 1.00. The molecule has 60 valence electrons. The van der Waals surface area contributed by atoms with Gasteiger partial charge in [0.15, 0.2) is 0 Å². The second-order valence-corrected chi connectivity index (χ2v) is 3.24. The van der Waals surface area contributed by atoms with Crippen LogP contribution < -0.4 is 11.3 Å². The molecule has 0 spiro atoms. The molecular formula is C7H17N3. The first-order valence-corrected chi connectivity index (χ1v) is 3.88. The Balaban J connectivity index is 2.42. The van der Waals surface area contributed by atoms with Crippen molar-refractivity contribution in [2.45, 2.75) is 31.3 Å². The van der Waals surface area contributed by atoms with Crippen molar-refractivity contribution in [3.05, 3.63) is 0 Å². The summed E-state index contributed by atoms with van der Waals surface area (Å²) in [6.07, 6.45) is 3.80. The second kappa shape index (κ2) is 3.32. The summed E-state index contributed by atoms with van der Waals surface area (Å²) in [4.78, 5) is 2.25. The maximum atomic E-state index is 5.39. The first-order chi connectivity index (χ1) is 4.75. The molecule has 0 radical (unpaired) electrons. The molecule has 0 heterocycles. The number of nitrogens with zero attached hydrogens (tertiary/aromatic N) is 1. The molecule has 0 aliphatic heterocycles. The number of nitrogens with two attached hydrogens (primary N) is 1. The smallest absolute Gasteiger partial charge is 0.0365 e. The molecule has 0 amide bonds. The summed E-state index contributed by atoms with van der Waals surface area (Å²) in [5.74, 6) is 5.39. The van der Waals surface area contributed by atoms with Crippen LogP contribution in [0.25, 0.3) is 0 Å². The molecule has 2 unspecified atom stereocenters. The molecule has 0 aromatic rings. The van der Waals surface area contributed by atoms with Crippen LogP contribution in [0.1, 0.15) is 19.3 Å². The molecule has 0 aromatic heterocycles. The molecule has 0 bridgehead atoms. The van der Waals surface area contributed by atoms with Crippen LogP contribution in [0.3, 0.4) is 0 Å². The summed E-state index contributed by atoms with van der Waals surface area (Å²) < 4.78 is 0. The van der Waals surface area contributed by atoms with E-state index in [2.05, 4.69) is 24.4 Å². The average molecular weight is 143 g/mol. The Labute approximate surface area is 62.5 Å². The third kappa shape index (κ3) is 1.48. The molecule has 1 aliphatic rings. The topological polar surface area (TPSA) is 41.3 Å². The Kier molecular flexibility index (Phi) is 2.65. The van der Waals surface area contributed by atoms with Crippen molar-refractivity contribution >= 4 is 0 Å². The Hall–Kier alpha value is -0.120.